The van der Waals surface area contributed by atoms with Crippen molar-refractivity contribution < 1.29 is 14.3 Å². The molecule has 28 heavy (non-hydrogen) atoms. The molecule has 0 aromatic carbocycles. The van der Waals surface area contributed by atoms with Crippen molar-refractivity contribution in [1.82, 2.24) is 20.0 Å². The van der Waals surface area contributed by atoms with Crippen LogP contribution in [0, 0.1) is 0 Å². The second-order valence-electron chi connectivity index (χ2n) is 7.69. The number of piperazine rings is 1. The molecule has 2 unspecified atom stereocenters. The number of amides is 1. The minimum Gasteiger partial charge on any atom is -0.378 e. The van der Waals surface area contributed by atoms with Crippen molar-refractivity contribution >= 4 is 43.1 Å². The van der Waals surface area contributed by atoms with Crippen LogP contribution in [0.4, 0.5) is 0 Å². The third kappa shape index (κ3) is 8.48. The summed E-state index contributed by atoms with van der Waals surface area (Å²) in [4.78, 5) is 19.4. The molecule has 1 amide bonds. The number of nitrogens with zero attached hydrogens (tertiary/aromatic N) is 3. The lowest BCUT2D eigenvalue weighted by atomic mass is 10.1. The van der Waals surface area contributed by atoms with E-state index in [4.69, 9.17) is 9.47 Å². The Morgan fingerprint density at radius 3 is 2.39 bits per heavy atom. The summed E-state index contributed by atoms with van der Waals surface area (Å²) in [5.74, 6) is 0.252. The van der Waals surface area contributed by atoms with Crippen molar-refractivity contribution in [3.8, 4) is 0 Å². The second-order valence-corrected chi connectivity index (χ2v) is 7.69. The Morgan fingerprint density at radius 1 is 1.07 bits per heavy atom. The molecular formula is C18H37Cl3N4O3. The van der Waals surface area contributed by atoms with Crippen LogP contribution in [-0.2, 0) is 14.3 Å². The van der Waals surface area contributed by atoms with Gasteiger partial charge in [-0.15, -0.1) is 37.2 Å². The predicted octanol–water partition coefficient (Wildman–Crippen LogP) is 0.884. The Hall–Kier alpha value is 0.140. The first-order valence-corrected chi connectivity index (χ1v) is 9.78. The zero-order chi connectivity index (χ0) is 17.6. The van der Waals surface area contributed by atoms with Crippen LogP contribution < -0.4 is 5.32 Å². The fourth-order valence-corrected chi connectivity index (χ4v) is 3.88. The van der Waals surface area contributed by atoms with Gasteiger partial charge in [0.2, 0.25) is 5.91 Å². The highest BCUT2D eigenvalue weighted by atomic mass is 35.5. The molecule has 0 saturated carbocycles. The van der Waals surface area contributed by atoms with Crippen molar-refractivity contribution in [2.24, 2.45) is 0 Å². The van der Waals surface area contributed by atoms with Gasteiger partial charge in [0.05, 0.1) is 25.9 Å². The van der Waals surface area contributed by atoms with Gasteiger partial charge in [0.25, 0.3) is 0 Å². The van der Waals surface area contributed by atoms with E-state index in [2.05, 4.69) is 29.0 Å². The lowest BCUT2D eigenvalue weighted by Crippen LogP contribution is -2.55. The number of carbonyl (C=O) groups excluding carboxylic acids is 1. The van der Waals surface area contributed by atoms with Gasteiger partial charge in [-0.05, 0) is 13.8 Å². The number of hydrogen-bond acceptors (Lipinski definition) is 6. The van der Waals surface area contributed by atoms with Crippen LogP contribution in [0.2, 0.25) is 0 Å². The van der Waals surface area contributed by atoms with Crippen LogP contribution >= 0.6 is 37.2 Å². The molecule has 2 atom stereocenters. The smallest absolute Gasteiger partial charge is 0.224 e. The summed E-state index contributed by atoms with van der Waals surface area (Å²) in [5.41, 5.74) is 0. The first-order valence-electron chi connectivity index (χ1n) is 9.78. The van der Waals surface area contributed by atoms with Gasteiger partial charge < -0.3 is 19.7 Å². The Kier molecular flexibility index (Phi) is 14.3. The number of morpholine rings is 2. The van der Waals surface area contributed by atoms with E-state index >= 15 is 0 Å². The van der Waals surface area contributed by atoms with E-state index in [1.165, 1.54) is 0 Å². The van der Waals surface area contributed by atoms with Gasteiger partial charge in [-0.1, -0.05) is 0 Å². The summed E-state index contributed by atoms with van der Waals surface area (Å²) in [6.45, 7) is 14.2. The van der Waals surface area contributed by atoms with Gasteiger partial charge >= 0.3 is 0 Å². The first kappa shape index (κ1) is 28.1. The number of hydrogen-bond donors (Lipinski definition) is 1. The van der Waals surface area contributed by atoms with Gasteiger partial charge in [0.1, 0.15) is 0 Å². The van der Waals surface area contributed by atoms with Crippen LogP contribution in [0.3, 0.4) is 0 Å². The van der Waals surface area contributed by atoms with Gasteiger partial charge in [0.15, 0.2) is 0 Å². The minimum absolute atomic E-state index is 0. The van der Waals surface area contributed by atoms with Crippen LogP contribution in [0.15, 0.2) is 0 Å². The standard InChI is InChI=1S/C18H34N4O3.3ClH/c1-15(2)22-8-10-25-17(13-22)12-20-4-6-21(7-5-20)18(23)11-16-14-24-9-3-19-16;;;/h15-17,19H,3-14H2,1-2H3;3*1H. The number of halogens is 3. The summed E-state index contributed by atoms with van der Waals surface area (Å²) >= 11 is 0. The number of rotatable bonds is 5. The Labute approximate surface area is 188 Å². The SMILES string of the molecule is CC(C)N1CCOC(CN2CCN(C(=O)CC3COCCN3)CC2)C1.Cl.Cl.Cl. The average Bonchev–Trinajstić information content (AvgIpc) is 2.63. The molecule has 0 bridgehead atoms. The van der Waals surface area contributed by atoms with E-state index in [1.807, 2.05) is 4.90 Å². The molecule has 3 saturated heterocycles. The van der Waals surface area contributed by atoms with Crippen molar-refractivity contribution in [1.29, 1.82) is 0 Å². The summed E-state index contributed by atoms with van der Waals surface area (Å²) in [6, 6.07) is 0.759. The van der Waals surface area contributed by atoms with E-state index in [-0.39, 0.29) is 49.2 Å². The molecule has 7 nitrogen and oxygen atoms in total. The zero-order valence-corrected chi connectivity index (χ0v) is 19.5. The topological polar surface area (TPSA) is 57.3 Å². The fourth-order valence-electron chi connectivity index (χ4n) is 3.88. The maximum atomic E-state index is 12.5. The number of nitrogens with one attached hydrogen (secondary N) is 1. The fraction of sp³-hybridized carbons (Fsp3) is 0.944. The number of carbonyl (C=O) groups is 1. The summed E-state index contributed by atoms with van der Waals surface area (Å²) in [6.07, 6.45) is 0.844. The normalized spacial score (nSPS) is 26.8. The Balaban J connectivity index is 0.00000243. The third-order valence-corrected chi connectivity index (χ3v) is 5.51. The quantitative estimate of drug-likeness (QED) is 0.653. The molecular weight excluding hydrogens is 427 g/mol. The first-order chi connectivity index (χ1) is 12.1. The monoisotopic (exact) mass is 462 g/mol. The Morgan fingerprint density at radius 2 is 1.79 bits per heavy atom. The van der Waals surface area contributed by atoms with Gasteiger partial charge in [-0.3, -0.25) is 14.6 Å². The minimum atomic E-state index is 0. The molecule has 3 heterocycles. The molecule has 168 valence electrons. The predicted molar refractivity (Wildman–Crippen MR) is 118 cm³/mol. The Bertz CT molecular complexity index is 434. The largest absolute Gasteiger partial charge is 0.378 e. The highest BCUT2D eigenvalue weighted by molar-refractivity contribution is 5.86. The molecule has 10 heteroatoms. The van der Waals surface area contributed by atoms with Crippen molar-refractivity contribution in [3.63, 3.8) is 0 Å². The van der Waals surface area contributed by atoms with E-state index in [1.54, 1.807) is 0 Å². The molecule has 3 aliphatic heterocycles. The molecule has 3 fully saturated rings. The second kappa shape index (κ2) is 14.2. The molecule has 3 aliphatic rings. The van der Waals surface area contributed by atoms with Crippen LogP contribution in [0.5, 0.6) is 0 Å². The maximum absolute atomic E-state index is 12.5. The molecule has 0 aromatic rings. The van der Waals surface area contributed by atoms with E-state index < -0.39 is 0 Å². The molecule has 0 radical (unpaired) electrons. The van der Waals surface area contributed by atoms with Gasteiger partial charge in [-0.2, -0.15) is 0 Å². The van der Waals surface area contributed by atoms with Gasteiger partial charge in [-0.25, -0.2) is 0 Å². The van der Waals surface area contributed by atoms with Crippen molar-refractivity contribution in [2.45, 2.75) is 38.5 Å². The molecule has 0 aromatic heterocycles. The van der Waals surface area contributed by atoms with Crippen LogP contribution in [0.25, 0.3) is 0 Å². The molecule has 0 aliphatic carbocycles. The van der Waals surface area contributed by atoms with E-state index in [0.29, 0.717) is 25.2 Å². The van der Waals surface area contributed by atoms with Crippen LogP contribution in [-0.4, -0.2) is 111 Å². The lowest BCUT2D eigenvalue weighted by molar-refractivity contribution is -0.134. The lowest BCUT2D eigenvalue weighted by Gasteiger charge is -2.40. The summed E-state index contributed by atoms with van der Waals surface area (Å²) < 4.78 is 11.4. The third-order valence-electron chi connectivity index (χ3n) is 5.51. The molecule has 0 spiro atoms. The van der Waals surface area contributed by atoms with Crippen LogP contribution in [0.1, 0.15) is 20.3 Å². The van der Waals surface area contributed by atoms with E-state index in [0.717, 1.165) is 65.6 Å². The summed E-state index contributed by atoms with van der Waals surface area (Å²) in [7, 11) is 0. The summed E-state index contributed by atoms with van der Waals surface area (Å²) in [5, 5.41) is 3.36. The van der Waals surface area contributed by atoms with E-state index in [9.17, 15) is 4.79 Å². The van der Waals surface area contributed by atoms with Gasteiger partial charge in [0, 0.05) is 70.9 Å². The molecule has 1 N–H and O–H groups in total. The average molecular weight is 464 g/mol. The zero-order valence-electron chi connectivity index (χ0n) is 17.0. The van der Waals surface area contributed by atoms with Crippen molar-refractivity contribution in [2.75, 3.05) is 72.2 Å². The highest BCUT2D eigenvalue weighted by Crippen LogP contribution is 2.12. The van der Waals surface area contributed by atoms with Crippen molar-refractivity contribution in [3.05, 3.63) is 0 Å². The highest BCUT2D eigenvalue weighted by Gasteiger charge is 2.28. The maximum Gasteiger partial charge on any atom is 0.224 e. The number of ether oxygens (including phenoxy) is 2. The molecule has 3 rings (SSSR count).